The average molecular weight is 440 g/mol. The second-order valence-corrected chi connectivity index (χ2v) is 8.47. The summed E-state index contributed by atoms with van der Waals surface area (Å²) in [5, 5.41) is 11.1. The van der Waals surface area contributed by atoms with Crippen LogP contribution in [0.2, 0.25) is 0 Å². The van der Waals surface area contributed by atoms with Gasteiger partial charge in [-0.1, -0.05) is 54.6 Å². The summed E-state index contributed by atoms with van der Waals surface area (Å²) in [5.74, 6) is -1.78. The van der Waals surface area contributed by atoms with E-state index in [1.54, 1.807) is 21.3 Å². The van der Waals surface area contributed by atoms with E-state index >= 15 is 0 Å². The van der Waals surface area contributed by atoms with Gasteiger partial charge in [-0.2, -0.15) is 0 Å². The van der Waals surface area contributed by atoms with Gasteiger partial charge in [0.1, 0.15) is 0 Å². The molecule has 0 saturated heterocycles. The van der Waals surface area contributed by atoms with Crippen molar-refractivity contribution < 1.29 is 9.90 Å². The Balaban J connectivity index is 1.67. The first-order chi connectivity index (χ1) is 16.0. The highest BCUT2D eigenvalue weighted by Crippen LogP contribution is 2.31. The van der Waals surface area contributed by atoms with Crippen LogP contribution in [0.5, 0.6) is 0 Å². The van der Waals surface area contributed by atoms with E-state index in [1.165, 1.54) is 0 Å². The van der Waals surface area contributed by atoms with Gasteiger partial charge in [-0.3, -0.25) is 13.9 Å². The maximum atomic E-state index is 13.8. The quantitative estimate of drug-likeness (QED) is 0.388. The number of aliphatic carboxylic acids is 1. The second-order valence-electron chi connectivity index (χ2n) is 8.47. The highest BCUT2D eigenvalue weighted by atomic mass is 16.4. The van der Waals surface area contributed by atoms with Gasteiger partial charge in [-0.25, -0.2) is 4.79 Å². The van der Waals surface area contributed by atoms with Gasteiger partial charge in [0.2, 0.25) is 0 Å². The number of aromatic nitrogens is 3. The van der Waals surface area contributed by atoms with Crippen LogP contribution < -0.4 is 5.69 Å². The number of aromatic amines is 1. The van der Waals surface area contributed by atoms with Gasteiger partial charge in [-0.15, -0.1) is 0 Å². The molecule has 166 valence electrons. The van der Waals surface area contributed by atoms with E-state index in [1.807, 2.05) is 67.7 Å². The molecule has 5 rings (SSSR count). The Hall–Kier alpha value is -4.06. The molecule has 0 spiro atoms. The minimum atomic E-state index is -0.953. The van der Waals surface area contributed by atoms with E-state index in [4.69, 9.17) is 0 Å². The summed E-state index contributed by atoms with van der Waals surface area (Å²) in [5.41, 5.74) is 5.18. The molecule has 0 radical (unpaired) electrons. The molecule has 2 unspecified atom stereocenters. The summed E-state index contributed by atoms with van der Waals surface area (Å²) in [6.07, 6.45) is 1.96. The number of para-hydroxylation sites is 2. The molecule has 33 heavy (non-hydrogen) atoms. The number of carboxylic acids is 1. The first-order valence-corrected chi connectivity index (χ1v) is 11.0. The number of rotatable bonds is 6. The van der Waals surface area contributed by atoms with Gasteiger partial charge in [-0.05, 0) is 43.2 Å². The lowest BCUT2D eigenvalue weighted by Crippen LogP contribution is -2.30. The lowest BCUT2D eigenvalue weighted by Gasteiger charge is -2.15. The van der Waals surface area contributed by atoms with E-state index in [0.29, 0.717) is 5.56 Å². The molecular weight excluding hydrogens is 414 g/mol. The van der Waals surface area contributed by atoms with E-state index < -0.39 is 11.9 Å². The van der Waals surface area contributed by atoms with Gasteiger partial charge < -0.3 is 10.1 Å². The summed E-state index contributed by atoms with van der Waals surface area (Å²) < 4.78 is 3.37. The predicted molar refractivity (Wildman–Crippen MR) is 130 cm³/mol. The van der Waals surface area contributed by atoms with E-state index in [0.717, 1.165) is 33.1 Å². The van der Waals surface area contributed by atoms with E-state index in [2.05, 4.69) is 18.0 Å². The molecule has 0 amide bonds. The molecule has 2 aromatic heterocycles. The Kier molecular flexibility index (Phi) is 5.13. The van der Waals surface area contributed by atoms with Crippen LogP contribution in [0.15, 0.2) is 83.8 Å². The minimum absolute atomic E-state index is 0.0608. The zero-order valence-electron chi connectivity index (χ0n) is 18.5. The van der Waals surface area contributed by atoms with Crippen LogP contribution in [0.3, 0.4) is 0 Å². The molecule has 2 N–H and O–H groups in total. The second kappa shape index (κ2) is 8.13. The normalized spacial score (nSPS) is 13.4. The molecule has 6 nitrogen and oxygen atoms in total. The van der Waals surface area contributed by atoms with Crippen molar-refractivity contribution in [3.63, 3.8) is 0 Å². The van der Waals surface area contributed by atoms with Gasteiger partial charge in [0, 0.05) is 29.2 Å². The Labute approximate surface area is 190 Å². The Morgan fingerprint density at radius 3 is 2.39 bits per heavy atom. The third-order valence-corrected chi connectivity index (χ3v) is 6.52. The number of nitrogens with one attached hydrogen (secondary N) is 1. The Bertz CT molecular complexity index is 1530. The number of aryl methyl sites for hydroxylation is 1. The van der Waals surface area contributed by atoms with Crippen molar-refractivity contribution in [1.29, 1.82) is 0 Å². The molecule has 3 aromatic carbocycles. The zero-order chi connectivity index (χ0) is 23.1. The molecule has 6 heteroatoms. The first kappa shape index (κ1) is 20.8. The molecule has 2 heterocycles. The first-order valence-electron chi connectivity index (χ1n) is 11.0. The molecule has 0 aliphatic carbocycles. The molecule has 0 saturated carbocycles. The van der Waals surface area contributed by atoms with Gasteiger partial charge in [0.25, 0.3) is 0 Å². The van der Waals surface area contributed by atoms with Crippen LogP contribution >= 0.6 is 0 Å². The van der Waals surface area contributed by atoms with Crippen molar-refractivity contribution in [2.75, 3.05) is 0 Å². The van der Waals surface area contributed by atoms with Gasteiger partial charge in [0.15, 0.2) is 0 Å². The minimum Gasteiger partial charge on any atom is -0.481 e. The standard InChI is InChI=1S/C27H25N3O3/c1-17-9-8-12-22-25(17)20(15-28-22)18(2)30-24-14-7-6-13-23(24)29(27(30)33)16-21(26(31)32)19-10-4-3-5-11-19/h3-15,18,21,28H,16H2,1-2H3,(H,31,32). The number of carbonyl (C=O) groups is 1. The van der Waals surface area contributed by atoms with Gasteiger partial charge in [0.05, 0.1) is 23.0 Å². The molecule has 5 aromatic rings. The third kappa shape index (κ3) is 3.44. The van der Waals surface area contributed by atoms with Crippen molar-refractivity contribution in [2.24, 2.45) is 0 Å². The van der Waals surface area contributed by atoms with Crippen molar-refractivity contribution in [2.45, 2.75) is 32.4 Å². The summed E-state index contributed by atoms with van der Waals surface area (Å²) in [6.45, 7) is 4.14. The fourth-order valence-electron chi connectivity index (χ4n) is 4.84. The predicted octanol–water partition coefficient (Wildman–Crippen LogP) is 5.07. The number of hydrogen-bond donors (Lipinski definition) is 2. The summed E-state index contributed by atoms with van der Waals surface area (Å²) in [4.78, 5) is 29.2. The topological polar surface area (TPSA) is 80.0 Å². The Morgan fingerprint density at radius 2 is 1.67 bits per heavy atom. The fourth-order valence-corrected chi connectivity index (χ4v) is 4.84. The number of fused-ring (bicyclic) bond motifs is 2. The van der Waals surface area contributed by atoms with Crippen LogP contribution in [0.4, 0.5) is 0 Å². The lowest BCUT2D eigenvalue weighted by atomic mass is 9.99. The molecule has 2 atom stereocenters. The number of imidazole rings is 1. The average Bonchev–Trinajstić information content (AvgIpc) is 3.37. The lowest BCUT2D eigenvalue weighted by molar-refractivity contribution is -0.139. The number of H-pyrrole nitrogens is 1. The van der Waals surface area contributed by atoms with Crippen molar-refractivity contribution >= 4 is 27.9 Å². The van der Waals surface area contributed by atoms with Gasteiger partial charge >= 0.3 is 11.7 Å². The maximum absolute atomic E-state index is 13.8. The summed E-state index contributed by atoms with van der Waals surface area (Å²) in [7, 11) is 0. The van der Waals surface area contributed by atoms with Crippen LogP contribution in [0.1, 0.15) is 35.6 Å². The van der Waals surface area contributed by atoms with Crippen LogP contribution in [-0.2, 0) is 11.3 Å². The van der Waals surface area contributed by atoms with Crippen molar-refractivity contribution in [1.82, 2.24) is 14.1 Å². The summed E-state index contributed by atoms with van der Waals surface area (Å²) >= 11 is 0. The number of nitrogens with zero attached hydrogens (tertiary/aromatic N) is 2. The smallest absolute Gasteiger partial charge is 0.329 e. The highest BCUT2D eigenvalue weighted by molar-refractivity contribution is 5.87. The molecule has 0 bridgehead atoms. The van der Waals surface area contributed by atoms with Crippen molar-refractivity contribution in [3.05, 3.63) is 106 Å². The Morgan fingerprint density at radius 1 is 0.970 bits per heavy atom. The maximum Gasteiger partial charge on any atom is 0.329 e. The molecule has 0 aliphatic rings. The van der Waals surface area contributed by atoms with Crippen LogP contribution in [-0.4, -0.2) is 25.2 Å². The summed E-state index contributed by atoms with van der Waals surface area (Å²) in [6, 6.07) is 22.5. The van der Waals surface area contributed by atoms with Crippen molar-refractivity contribution in [3.8, 4) is 0 Å². The van der Waals surface area contributed by atoms with E-state index in [-0.39, 0.29) is 18.3 Å². The number of benzene rings is 3. The van der Waals surface area contributed by atoms with Crippen LogP contribution in [0, 0.1) is 6.92 Å². The zero-order valence-corrected chi connectivity index (χ0v) is 18.5. The van der Waals surface area contributed by atoms with Crippen LogP contribution in [0.25, 0.3) is 21.9 Å². The highest BCUT2D eigenvalue weighted by Gasteiger charge is 2.26. The number of carboxylic acid groups (broad SMARTS) is 1. The monoisotopic (exact) mass is 439 g/mol. The SMILES string of the molecule is Cc1cccc2[nH]cc(C(C)n3c(=O)n(CC(C(=O)O)c4ccccc4)c4ccccc43)c12. The molecular formula is C27H25N3O3. The fraction of sp³-hybridized carbons (Fsp3) is 0.185. The number of hydrogen-bond acceptors (Lipinski definition) is 2. The third-order valence-electron chi connectivity index (χ3n) is 6.52. The van der Waals surface area contributed by atoms with E-state index in [9.17, 15) is 14.7 Å². The molecule has 0 fully saturated rings. The largest absolute Gasteiger partial charge is 0.481 e. The molecule has 0 aliphatic heterocycles.